The highest BCUT2D eigenvalue weighted by Gasteiger charge is 2.09. The van der Waals surface area contributed by atoms with Gasteiger partial charge in [-0.2, -0.15) is 9.37 Å². The van der Waals surface area contributed by atoms with Crippen molar-refractivity contribution in [3.05, 3.63) is 10.8 Å². The number of anilines is 1. The lowest BCUT2D eigenvalue weighted by Crippen LogP contribution is -2.04. The van der Waals surface area contributed by atoms with Gasteiger partial charge >= 0.3 is 0 Å². The molecule has 0 unspecified atom stereocenters. The van der Waals surface area contributed by atoms with E-state index in [1.807, 2.05) is 5.32 Å². The minimum atomic E-state index is -2.83. The minimum absolute atomic E-state index is 0.234. The van der Waals surface area contributed by atoms with E-state index in [9.17, 15) is 14.0 Å². The SMILES string of the molecule is [2H]C([2H])([2H])C(=O)Nc1nc(F)c(C=O)s1. The summed E-state index contributed by atoms with van der Waals surface area (Å²) in [5.41, 5.74) is 0. The van der Waals surface area contributed by atoms with Crippen molar-refractivity contribution in [3.63, 3.8) is 0 Å². The van der Waals surface area contributed by atoms with Crippen molar-refractivity contribution in [2.24, 2.45) is 0 Å². The van der Waals surface area contributed by atoms with Gasteiger partial charge < -0.3 is 5.32 Å². The van der Waals surface area contributed by atoms with E-state index >= 15 is 0 Å². The topological polar surface area (TPSA) is 59.1 Å². The summed E-state index contributed by atoms with van der Waals surface area (Å²) < 4.78 is 32.9. The summed E-state index contributed by atoms with van der Waals surface area (Å²) in [6.45, 7) is -2.83. The van der Waals surface area contributed by atoms with Gasteiger partial charge in [0.2, 0.25) is 11.9 Å². The van der Waals surface area contributed by atoms with E-state index in [1.54, 1.807) is 0 Å². The average molecular weight is 191 g/mol. The molecule has 0 aliphatic rings. The molecule has 0 spiro atoms. The Morgan fingerprint density at radius 2 is 2.67 bits per heavy atom. The van der Waals surface area contributed by atoms with Crippen molar-refractivity contribution in [3.8, 4) is 0 Å². The van der Waals surface area contributed by atoms with Crippen molar-refractivity contribution >= 4 is 28.7 Å². The van der Waals surface area contributed by atoms with Crippen LogP contribution in [-0.2, 0) is 4.79 Å². The first-order valence-electron chi connectivity index (χ1n) is 4.27. The molecule has 0 aliphatic heterocycles. The molecule has 6 heteroatoms. The molecular formula is C6H5FN2O2S. The average Bonchev–Trinajstić information content (AvgIpc) is 2.44. The van der Waals surface area contributed by atoms with Crippen LogP contribution in [0.15, 0.2) is 0 Å². The molecule has 0 saturated heterocycles. The van der Waals surface area contributed by atoms with Gasteiger partial charge in [-0.15, -0.1) is 0 Å². The highest BCUT2D eigenvalue weighted by molar-refractivity contribution is 7.17. The Hall–Kier alpha value is -1.30. The maximum absolute atomic E-state index is 12.7. The Morgan fingerprint density at radius 1 is 1.92 bits per heavy atom. The maximum atomic E-state index is 12.7. The monoisotopic (exact) mass is 191 g/mol. The number of nitrogens with one attached hydrogen (secondary N) is 1. The molecule has 0 atom stereocenters. The summed E-state index contributed by atoms with van der Waals surface area (Å²) in [6.07, 6.45) is 0.234. The number of aldehydes is 1. The van der Waals surface area contributed by atoms with Crippen molar-refractivity contribution in [2.45, 2.75) is 6.85 Å². The predicted octanol–water partition coefficient (Wildman–Crippen LogP) is 1.05. The molecule has 0 saturated carbocycles. The Morgan fingerprint density at radius 3 is 3.17 bits per heavy atom. The molecule has 0 aliphatic carbocycles. The third kappa shape index (κ3) is 1.85. The number of amides is 1. The first-order chi connectivity index (χ1) is 6.84. The van der Waals surface area contributed by atoms with Gasteiger partial charge in [-0.1, -0.05) is 11.3 Å². The van der Waals surface area contributed by atoms with Crippen LogP contribution in [0, 0.1) is 5.95 Å². The van der Waals surface area contributed by atoms with E-state index in [1.165, 1.54) is 0 Å². The number of carbonyl (C=O) groups excluding carboxylic acids is 2. The quantitative estimate of drug-likeness (QED) is 0.711. The van der Waals surface area contributed by atoms with Crippen LogP contribution in [0.3, 0.4) is 0 Å². The Bertz CT molecular complexity index is 404. The van der Waals surface area contributed by atoms with Crippen molar-refractivity contribution < 1.29 is 18.1 Å². The number of rotatable bonds is 2. The molecule has 4 nitrogen and oxygen atoms in total. The molecule has 1 N–H and O–H groups in total. The van der Waals surface area contributed by atoms with E-state index in [-0.39, 0.29) is 16.3 Å². The summed E-state index contributed by atoms with van der Waals surface area (Å²) >= 11 is 0.568. The van der Waals surface area contributed by atoms with E-state index in [2.05, 4.69) is 4.98 Å². The van der Waals surface area contributed by atoms with Crippen LogP contribution in [0.1, 0.15) is 20.6 Å². The van der Waals surface area contributed by atoms with E-state index in [0.717, 1.165) is 0 Å². The summed E-state index contributed by atoms with van der Waals surface area (Å²) in [4.78, 5) is 24.0. The van der Waals surface area contributed by atoms with E-state index < -0.39 is 18.7 Å². The van der Waals surface area contributed by atoms with Gasteiger partial charge in [-0.05, 0) is 0 Å². The molecule has 1 heterocycles. The van der Waals surface area contributed by atoms with Crippen LogP contribution in [0.2, 0.25) is 0 Å². The number of hydrogen-bond donors (Lipinski definition) is 1. The number of carbonyl (C=O) groups is 2. The molecule has 1 amide bonds. The number of halogens is 1. The third-order valence-electron chi connectivity index (χ3n) is 0.937. The van der Waals surface area contributed by atoms with Crippen LogP contribution in [0.25, 0.3) is 0 Å². The second kappa shape index (κ2) is 3.40. The van der Waals surface area contributed by atoms with Gasteiger partial charge in [0.05, 0.1) is 0 Å². The zero-order valence-electron chi connectivity index (χ0n) is 8.63. The van der Waals surface area contributed by atoms with E-state index in [4.69, 9.17) is 4.11 Å². The number of aromatic nitrogens is 1. The molecule has 1 rings (SSSR count). The van der Waals surface area contributed by atoms with Gasteiger partial charge in [-0.25, -0.2) is 0 Å². The fraction of sp³-hybridized carbons (Fsp3) is 0.167. The molecule has 0 aromatic carbocycles. The molecule has 0 fully saturated rings. The third-order valence-corrected chi connectivity index (χ3v) is 1.81. The first kappa shape index (κ1) is 5.36. The Kier molecular flexibility index (Phi) is 1.52. The summed E-state index contributed by atoms with van der Waals surface area (Å²) in [5.74, 6) is -2.30. The highest BCUT2D eigenvalue weighted by atomic mass is 32.1. The molecule has 1 aromatic heterocycles. The van der Waals surface area contributed by atoms with Gasteiger partial charge in [0.15, 0.2) is 11.4 Å². The van der Waals surface area contributed by atoms with Crippen LogP contribution in [-0.4, -0.2) is 17.2 Å². The Labute approximate surface area is 75.6 Å². The van der Waals surface area contributed by atoms with Crippen LogP contribution in [0.5, 0.6) is 0 Å². The van der Waals surface area contributed by atoms with Gasteiger partial charge in [-0.3, -0.25) is 9.59 Å². The fourth-order valence-electron chi connectivity index (χ4n) is 0.537. The fourth-order valence-corrected chi connectivity index (χ4v) is 1.19. The van der Waals surface area contributed by atoms with Crippen LogP contribution < -0.4 is 5.32 Å². The molecular weight excluding hydrogens is 183 g/mol. The lowest BCUT2D eigenvalue weighted by molar-refractivity contribution is -0.114. The number of thiazole rings is 1. The second-order valence-corrected chi connectivity index (χ2v) is 2.78. The smallest absolute Gasteiger partial charge is 0.236 e. The zero-order valence-corrected chi connectivity index (χ0v) is 6.44. The van der Waals surface area contributed by atoms with Crippen molar-refractivity contribution in [1.82, 2.24) is 4.98 Å². The minimum Gasteiger partial charge on any atom is -0.302 e. The maximum Gasteiger partial charge on any atom is 0.236 e. The summed E-state index contributed by atoms with van der Waals surface area (Å²) in [7, 11) is 0. The lowest BCUT2D eigenvalue weighted by atomic mass is 10.6. The second-order valence-electron chi connectivity index (χ2n) is 1.75. The highest BCUT2D eigenvalue weighted by Crippen LogP contribution is 2.19. The molecule has 0 bridgehead atoms. The largest absolute Gasteiger partial charge is 0.302 e. The molecule has 12 heavy (non-hydrogen) atoms. The summed E-state index contributed by atoms with van der Waals surface area (Å²) in [6, 6.07) is 0. The molecule has 0 radical (unpaired) electrons. The van der Waals surface area contributed by atoms with Crippen molar-refractivity contribution in [1.29, 1.82) is 0 Å². The van der Waals surface area contributed by atoms with Crippen molar-refractivity contribution in [2.75, 3.05) is 5.32 Å². The first-order valence-corrected chi connectivity index (χ1v) is 3.59. The summed E-state index contributed by atoms with van der Waals surface area (Å²) in [5, 5.41) is 1.63. The normalized spacial score (nSPS) is 14.2. The predicted molar refractivity (Wildman–Crippen MR) is 41.8 cm³/mol. The lowest BCUT2D eigenvalue weighted by Gasteiger charge is -1.90. The Balaban J connectivity index is 2.82. The molecule has 64 valence electrons. The zero-order chi connectivity index (χ0) is 11.6. The van der Waals surface area contributed by atoms with Gasteiger partial charge in [0.25, 0.3) is 0 Å². The van der Waals surface area contributed by atoms with Crippen LogP contribution >= 0.6 is 11.3 Å². The number of nitrogens with zero attached hydrogens (tertiary/aromatic N) is 1. The van der Waals surface area contributed by atoms with Gasteiger partial charge in [0.1, 0.15) is 4.88 Å². The number of hydrogen-bond acceptors (Lipinski definition) is 4. The van der Waals surface area contributed by atoms with Gasteiger partial charge in [0, 0.05) is 11.0 Å². The molecule has 1 aromatic rings. The van der Waals surface area contributed by atoms with E-state index in [0.29, 0.717) is 11.3 Å². The standard InChI is InChI=1S/C6H5FN2O2S/c1-3(11)8-6-9-5(7)4(2-10)12-6/h2H,1H3,(H,8,9,11)/i1D3. The van der Waals surface area contributed by atoms with Crippen LogP contribution in [0.4, 0.5) is 9.52 Å².